The number of hydrogen-bond donors (Lipinski definition) is 2. The zero-order valence-electron chi connectivity index (χ0n) is 15.2. The quantitative estimate of drug-likeness (QED) is 0.764. The summed E-state index contributed by atoms with van der Waals surface area (Å²) < 4.78 is 16.5. The van der Waals surface area contributed by atoms with E-state index in [1.165, 1.54) is 0 Å². The molecule has 1 aliphatic heterocycles. The van der Waals surface area contributed by atoms with E-state index in [-0.39, 0.29) is 6.61 Å². The number of urea groups is 1. The molecular weight excluding hydrogens is 364 g/mol. The number of amides is 3. The molecule has 2 N–H and O–H groups in total. The van der Waals surface area contributed by atoms with E-state index in [0.29, 0.717) is 23.6 Å². The predicted molar refractivity (Wildman–Crippen MR) is 98.8 cm³/mol. The number of nitrogens with one attached hydrogen (secondary N) is 2. The summed E-state index contributed by atoms with van der Waals surface area (Å²) in [6.45, 7) is 2.02. The van der Waals surface area contributed by atoms with Crippen molar-refractivity contribution in [1.29, 1.82) is 0 Å². The highest BCUT2D eigenvalue weighted by atomic mass is 16.6. The summed E-state index contributed by atoms with van der Waals surface area (Å²) in [5.41, 5.74) is 0.426. The van der Waals surface area contributed by atoms with Crippen LogP contribution in [-0.2, 0) is 14.3 Å². The fraction of sp³-hybridized carbons (Fsp3) is 0.250. The van der Waals surface area contributed by atoms with Gasteiger partial charge in [0, 0.05) is 12.1 Å². The number of carbonyl (C=O) groups is 3. The van der Waals surface area contributed by atoms with Crippen LogP contribution < -0.4 is 20.1 Å². The zero-order chi connectivity index (χ0) is 19.9. The lowest BCUT2D eigenvalue weighted by Gasteiger charge is -2.26. The molecule has 2 aromatic carbocycles. The van der Waals surface area contributed by atoms with E-state index < -0.39 is 30.1 Å². The smallest absolute Gasteiger partial charge is 0.352 e. The van der Waals surface area contributed by atoms with Crippen molar-refractivity contribution in [2.45, 2.75) is 19.1 Å². The molecule has 0 unspecified atom stereocenters. The van der Waals surface area contributed by atoms with Gasteiger partial charge in [0.1, 0.15) is 6.61 Å². The molecule has 3 amide bonds. The highest BCUT2D eigenvalue weighted by Gasteiger charge is 2.34. The molecule has 28 heavy (non-hydrogen) atoms. The Labute approximate surface area is 161 Å². The van der Waals surface area contributed by atoms with Crippen molar-refractivity contribution in [3.8, 4) is 11.5 Å². The van der Waals surface area contributed by atoms with Gasteiger partial charge >= 0.3 is 12.0 Å². The van der Waals surface area contributed by atoms with Crippen LogP contribution in [0.3, 0.4) is 0 Å². The van der Waals surface area contributed by atoms with Crippen LogP contribution in [0.2, 0.25) is 0 Å². The Morgan fingerprint density at radius 3 is 2.46 bits per heavy atom. The van der Waals surface area contributed by atoms with Crippen LogP contribution in [0.5, 0.6) is 11.5 Å². The fourth-order valence-electron chi connectivity index (χ4n) is 2.61. The Morgan fingerprint density at radius 2 is 1.75 bits per heavy atom. The summed E-state index contributed by atoms with van der Waals surface area (Å²) in [5.74, 6) is -0.587. The predicted octanol–water partition coefficient (Wildman–Crippen LogP) is 1.96. The third kappa shape index (κ3) is 4.59. The molecule has 0 aliphatic carbocycles. The monoisotopic (exact) mass is 384 g/mol. The minimum atomic E-state index is -1.31. The molecule has 1 heterocycles. The average molecular weight is 384 g/mol. The topological polar surface area (TPSA) is 103 Å². The van der Waals surface area contributed by atoms with Gasteiger partial charge in [0.25, 0.3) is 5.91 Å². The van der Waals surface area contributed by atoms with E-state index in [1.807, 2.05) is 0 Å². The van der Waals surface area contributed by atoms with Crippen molar-refractivity contribution in [2.75, 3.05) is 13.2 Å². The normalized spacial score (nSPS) is 15.8. The van der Waals surface area contributed by atoms with Gasteiger partial charge in [0.05, 0.1) is 0 Å². The first-order chi connectivity index (χ1) is 13.6. The number of rotatable bonds is 5. The van der Waals surface area contributed by atoms with Crippen LogP contribution in [0.25, 0.3) is 0 Å². The molecule has 0 saturated heterocycles. The average Bonchev–Trinajstić information content (AvgIpc) is 2.72. The summed E-state index contributed by atoms with van der Waals surface area (Å²) in [6, 6.07) is 14.7. The fourth-order valence-corrected chi connectivity index (χ4v) is 2.61. The highest BCUT2D eigenvalue weighted by Crippen LogP contribution is 2.31. The summed E-state index contributed by atoms with van der Waals surface area (Å²) in [5, 5.41) is 4.62. The first kappa shape index (κ1) is 19.2. The lowest BCUT2D eigenvalue weighted by Crippen LogP contribution is -2.44. The number of carbonyl (C=O) groups excluding carboxylic acids is 3. The second kappa shape index (κ2) is 8.90. The van der Waals surface area contributed by atoms with E-state index in [9.17, 15) is 14.4 Å². The van der Waals surface area contributed by atoms with Gasteiger partial charge in [0.15, 0.2) is 11.5 Å². The zero-order valence-corrected chi connectivity index (χ0v) is 15.2. The van der Waals surface area contributed by atoms with E-state index in [2.05, 4.69) is 10.6 Å². The van der Waals surface area contributed by atoms with Crippen molar-refractivity contribution in [1.82, 2.24) is 10.6 Å². The largest absolute Gasteiger partial charge is 0.485 e. The maximum Gasteiger partial charge on any atom is 0.352 e. The summed E-state index contributed by atoms with van der Waals surface area (Å²) in [4.78, 5) is 36.8. The van der Waals surface area contributed by atoms with E-state index in [4.69, 9.17) is 14.2 Å². The molecule has 0 bridgehead atoms. The third-order valence-corrected chi connectivity index (χ3v) is 3.92. The summed E-state index contributed by atoms with van der Waals surface area (Å²) >= 11 is 0. The molecule has 8 nitrogen and oxygen atoms in total. The van der Waals surface area contributed by atoms with Crippen molar-refractivity contribution < 1.29 is 28.6 Å². The molecule has 0 saturated carbocycles. The van der Waals surface area contributed by atoms with Crippen molar-refractivity contribution in [2.24, 2.45) is 0 Å². The van der Waals surface area contributed by atoms with Crippen LogP contribution in [0.1, 0.15) is 18.6 Å². The number of para-hydroxylation sites is 2. The molecule has 146 valence electrons. The van der Waals surface area contributed by atoms with Crippen molar-refractivity contribution in [3.05, 3.63) is 60.2 Å². The molecule has 2 atom stereocenters. The summed E-state index contributed by atoms with van der Waals surface area (Å²) in [6.07, 6.45) is -2.34. The van der Waals surface area contributed by atoms with Gasteiger partial charge in [-0.2, -0.15) is 0 Å². The first-order valence-electron chi connectivity index (χ1n) is 8.81. The summed E-state index contributed by atoms with van der Waals surface area (Å²) in [7, 11) is 0. The molecule has 0 radical (unpaired) electrons. The molecule has 3 rings (SSSR count). The van der Waals surface area contributed by atoms with Crippen molar-refractivity contribution >= 4 is 17.9 Å². The SMILES string of the molecule is CCNC(=O)NC(=O)[C@H](OC(=O)[C@H]1COc2ccccc2O1)c1ccccc1. The van der Waals surface area contributed by atoms with Crippen LogP contribution in [0.4, 0.5) is 4.79 Å². The number of imide groups is 1. The Hall–Kier alpha value is -3.55. The van der Waals surface area contributed by atoms with Crippen LogP contribution in [0.15, 0.2) is 54.6 Å². The Bertz CT molecular complexity index is 855. The first-order valence-corrected chi connectivity index (χ1v) is 8.81. The van der Waals surface area contributed by atoms with Gasteiger partial charge in [-0.15, -0.1) is 0 Å². The van der Waals surface area contributed by atoms with Gasteiger partial charge in [-0.05, 0) is 19.1 Å². The lowest BCUT2D eigenvalue weighted by molar-refractivity contribution is -0.165. The Kier molecular flexibility index (Phi) is 6.11. The number of hydrogen-bond acceptors (Lipinski definition) is 6. The van der Waals surface area contributed by atoms with Gasteiger partial charge in [-0.3, -0.25) is 10.1 Å². The van der Waals surface area contributed by atoms with E-state index in [1.54, 1.807) is 61.5 Å². The lowest BCUT2D eigenvalue weighted by atomic mass is 10.1. The van der Waals surface area contributed by atoms with Gasteiger partial charge in [-0.1, -0.05) is 42.5 Å². The Balaban J connectivity index is 1.73. The molecule has 1 aliphatic rings. The highest BCUT2D eigenvalue weighted by molar-refractivity contribution is 5.98. The number of benzene rings is 2. The molecule has 0 fully saturated rings. The van der Waals surface area contributed by atoms with Gasteiger partial charge in [0.2, 0.25) is 12.2 Å². The molecular formula is C20H20N2O6. The van der Waals surface area contributed by atoms with E-state index in [0.717, 1.165) is 0 Å². The number of esters is 1. The van der Waals surface area contributed by atoms with Crippen LogP contribution in [0, 0.1) is 0 Å². The van der Waals surface area contributed by atoms with Gasteiger partial charge in [-0.25, -0.2) is 9.59 Å². The van der Waals surface area contributed by atoms with Gasteiger partial charge < -0.3 is 19.5 Å². The molecule has 0 spiro atoms. The van der Waals surface area contributed by atoms with E-state index >= 15 is 0 Å². The molecule has 8 heteroatoms. The maximum atomic E-state index is 12.6. The van der Waals surface area contributed by atoms with Crippen molar-refractivity contribution in [3.63, 3.8) is 0 Å². The number of fused-ring (bicyclic) bond motifs is 1. The maximum absolute atomic E-state index is 12.6. The second-order valence-electron chi connectivity index (χ2n) is 5.94. The third-order valence-electron chi connectivity index (χ3n) is 3.92. The number of ether oxygens (including phenoxy) is 3. The van der Waals surface area contributed by atoms with Crippen LogP contribution in [-0.4, -0.2) is 37.2 Å². The second-order valence-corrected chi connectivity index (χ2v) is 5.94. The minimum absolute atomic E-state index is 0.0463. The molecule has 2 aromatic rings. The minimum Gasteiger partial charge on any atom is -0.485 e. The van der Waals surface area contributed by atoms with Crippen LogP contribution >= 0.6 is 0 Å². The standard InChI is InChI=1S/C20H20N2O6/c1-2-21-20(25)22-18(23)17(13-8-4-3-5-9-13)28-19(24)16-12-26-14-10-6-7-11-15(14)27-16/h3-11,16-17H,2,12H2,1H3,(H2,21,22,23,25)/t16-,17-/m1/s1. The Morgan fingerprint density at radius 1 is 1.07 bits per heavy atom. The molecule has 0 aromatic heterocycles.